The molecular weight excluding hydrogens is 343 g/mol. The van der Waals surface area contributed by atoms with Gasteiger partial charge in [0.1, 0.15) is 11.5 Å². The fraction of sp³-hybridized carbons (Fsp3) is 0.600. The van der Waals surface area contributed by atoms with Gasteiger partial charge in [-0.2, -0.15) is 0 Å². The van der Waals surface area contributed by atoms with Crippen molar-refractivity contribution in [1.82, 2.24) is 4.90 Å². The third-order valence-electron chi connectivity index (χ3n) is 3.28. The Hall–Kier alpha value is -1.48. The third kappa shape index (κ3) is 7.87. The van der Waals surface area contributed by atoms with E-state index in [9.17, 15) is 21.6 Å². The second-order valence-corrected chi connectivity index (χ2v) is 6.75. The van der Waals surface area contributed by atoms with E-state index >= 15 is 0 Å². The number of alkyl halides is 1. The van der Waals surface area contributed by atoms with Gasteiger partial charge in [-0.3, -0.25) is 9.11 Å². The molecule has 0 aromatic heterocycles. The lowest BCUT2D eigenvalue weighted by molar-refractivity contribution is 0.321. The number of hydrogen-bond donors (Lipinski definition) is 2. The molecule has 0 aliphatic carbocycles. The predicted molar refractivity (Wildman–Crippen MR) is 92.2 cm³/mol. The van der Waals surface area contributed by atoms with Crippen molar-refractivity contribution in [2.75, 3.05) is 42.5 Å². The van der Waals surface area contributed by atoms with Crippen LogP contribution in [0.5, 0.6) is 0 Å². The molecule has 9 heteroatoms. The highest BCUT2D eigenvalue weighted by Crippen LogP contribution is 2.23. The van der Waals surface area contributed by atoms with Crippen LogP contribution in [0.4, 0.5) is 24.5 Å². The van der Waals surface area contributed by atoms with Gasteiger partial charge in [0.05, 0.1) is 18.1 Å². The zero-order valence-corrected chi connectivity index (χ0v) is 15.1. The van der Waals surface area contributed by atoms with Crippen LogP contribution >= 0.6 is 0 Å². The molecule has 0 bridgehead atoms. The summed E-state index contributed by atoms with van der Waals surface area (Å²) in [6.45, 7) is 9.33. The predicted octanol–water partition coefficient (Wildman–Crippen LogP) is 3.00. The van der Waals surface area contributed by atoms with E-state index in [0.29, 0.717) is 0 Å². The summed E-state index contributed by atoms with van der Waals surface area (Å²) in [6, 6.07) is 1.75. The fourth-order valence-corrected chi connectivity index (χ4v) is 2.87. The van der Waals surface area contributed by atoms with Crippen molar-refractivity contribution in [2.45, 2.75) is 27.2 Å². The lowest BCUT2D eigenvalue weighted by Gasteiger charge is -2.13. The topological polar surface area (TPSA) is 75.4 Å². The van der Waals surface area contributed by atoms with Gasteiger partial charge >= 0.3 is 0 Å². The molecule has 0 amide bonds. The van der Waals surface area contributed by atoms with E-state index in [1.165, 1.54) is 19.6 Å². The number of hydrogen-bond acceptors (Lipinski definition) is 4. The highest BCUT2D eigenvalue weighted by atomic mass is 32.2. The molecule has 1 aromatic rings. The van der Waals surface area contributed by atoms with Crippen molar-refractivity contribution in [3.63, 3.8) is 0 Å². The van der Waals surface area contributed by atoms with Gasteiger partial charge in [-0.25, -0.2) is 17.2 Å². The Bertz CT molecular complexity index is 588. The maximum atomic E-state index is 13.3. The summed E-state index contributed by atoms with van der Waals surface area (Å²) >= 11 is 0. The third-order valence-corrected chi connectivity index (χ3v) is 4.64. The maximum Gasteiger partial charge on any atom is 0.232 e. The summed E-state index contributed by atoms with van der Waals surface area (Å²) in [6.07, 6.45) is -0.201. The molecule has 0 radical (unpaired) electrons. The summed E-state index contributed by atoms with van der Waals surface area (Å²) in [4.78, 5) is 2.38. The normalized spacial score (nSPS) is 11.1. The summed E-state index contributed by atoms with van der Waals surface area (Å²) in [5.74, 6) is -2.65. The zero-order valence-electron chi connectivity index (χ0n) is 14.3. The van der Waals surface area contributed by atoms with Crippen LogP contribution in [-0.2, 0) is 10.0 Å². The van der Waals surface area contributed by atoms with Crippen LogP contribution in [0.1, 0.15) is 27.2 Å². The molecule has 3 N–H and O–H groups in total. The van der Waals surface area contributed by atoms with Crippen LogP contribution in [0.25, 0.3) is 0 Å². The summed E-state index contributed by atoms with van der Waals surface area (Å²) in [5, 5.41) is 0. The van der Waals surface area contributed by atoms with Gasteiger partial charge in [0, 0.05) is 0 Å². The van der Waals surface area contributed by atoms with Crippen LogP contribution in [0, 0.1) is 11.6 Å². The molecule has 0 aliphatic heterocycles. The number of sulfonamides is 1. The lowest BCUT2D eigenvalue weighted by Crippen LogP contribution is -2.21. The first-order valence-corrected chi connectivity index (χ1v) is 9.39. The van der Waals surface area contributed by atoms with Crippen LogP contribution < -0.4 is 10.5 Å². The van der Waals surface area contributed by atoms with Gasteiger partial charge in [-0.15, -0.1) is 0 Å². The number of nitrogen functional groups attached to an aromatic ring is 1. The molecule has 0 spiro atoms. The largest absolute Gasteiger partial charge is 0.394 e. The standard InChI is InChI=1S/C9H11F3N2O2S.C6H15N/c10-4-1-5-17(15,16)14-7-3-2-6(11)9(13)8(7)12;1-4-7(5-2)6-3/h2-3,14H,1,4-5,13H2;4-6H2,1-3H3. The van der Waals surface area contributed by atoms with Crippen LogP contribution in [0.3, 0.4) is 0 Å². The SMILES string of the molecule is CCN(CC)CC.Nc1c(F)ccc(NS(=O)(=O)CCCF)c1F. The van der Waals surface area contributed by atoms with Crippen LogP contribution in [-0.4, -0.2) is 45.4 Å². The Morgan fingerprint density at radius 3 is 2.08 bits per heavy atom. The Labute approximate surface area is 142 Å². The molecule has 0 unspecified atom stereocenters. The minimum Gasteiger partial charge on any atom is -0.394 e. The molecular formula is C15H26F3N3O2S. The smallest absolute Gasteiger partial charge is 0.232 e. The van der Waals surface area contributed by atoms with Gasteiger partial charge in [-0.1, -0.05) is 20.8 Å². The molecule has 140 valence electrons. The van der Waals surface area contributed by atoms with Gasteiger partial charge in [0.2, 0.25) is 10.0 Å². The molecule has 0 fully saturated rings. The Morgan fingerprint density at radius 1 is 1.12 bits per heavy atom. The van der Waals surface area contributed by atoms with Crippen molar-refractivity contribution in [2.24, 2.45) is 0 Å². The van der Waals surface area contributed by atoms with E-state index in [0.717, 1.165) is 12.1 Å². The van der Waals surface area contributed by atoms with Crippen molar-refractivity contribution in [3.8, 4) is 0 Å². The minimum absolute atomic E-state index is 0.201. The Morgan fingerprint density at radius 2 is 1.67 bits per heavy atom. The number of anilines is 2. The minimum atomic E-state index is -3.86. The molecule has 0 saturated heterocycles. The number of halogens is 3. The number of nitrogens with zero attached hydrogens (tertiary/aromatic N) is 1. The van der Waals surface area contributed by atoms with Crippen molar-refractivity contribution < 1.29 is 21.6 Å². The molecule has 1 aromatic carbocycles. The average molecular weight is 369 g/mol. The first-order valence-electron chi connectivity index (χ1n) is 7.74. The highest BCUT2D eigenvalue weighted by molar-refractivity contribution is 7.92. The lowest BCUT2D eigenvalue weighted by atomic mass is 10.2. The van der Waals surface area contributed by atoms with Crippen molar-refractivity contribution in [1.29, 1.82) is 0 Å². The monoisotopic (exact) mass is 369 g/mol. The number of nitrogens with two attached hydrogens (primary N) is 1. The molecule has 24 heavy (non-hydrogen) atoms. The first-order chi connectivity index (χ1) is 11.2. The molecule has 5 nitrogen and oxygen atoms in total. The molecule has 0 atom stereocenters. The van der Waals surface area contributed by atoms with E-state index in [2.05, 4.69) is 25.7 Å². The summed E-state index contributed by atoms with van der Waals surface area (Å²) in [7, 11) is -3.86. The summed E-state index contributed by atoms with van der Waals surface area (Å²) < 4.78 is 62.5. The molecule has 1 rings (SSSR count). The maximum absolute atomic E-state index is 13.3. The molecule has 0 aliphatic rings. The van der Waals surface area contributed by atoms with E-state index in [-0.39, 0.29) is 6.42 Å². The van der Waals surface area contributed by atoms with Gasteiger partial charge in [0.15, 0.2) is 5.82 Å². The average Bonchev–Trinajstić information content (AvgIpc) is 2.56. The molecule has 0 heterocycles. The van der Waals surface area contributed by atoms with E-state index < -0.39 is 45.5 Å². The van der Waals surface area contributed by atoms with Crippen LogP contribution in [0.15, 0.2) is 12.1 Å². The van der Waals surface area contributed by atoms with Gasteiger partial charge in [0.25, 0.3) is 0 Å². The van der Waals surface area contributed by atoms with Crippen molar-refractivity contribution in [3.05, 3.63) is 23.8 Å². The zero-order chi connectivity index (χ0) is 18.8. The Balaban J connectivity index is 0.000000640. The fourth-order valence-electron chi connectivity index (χ4n) is 1.78. The van der Waals surface area contributed by atoms with Gasteiger partial charge in [-0.05, 0) is 38.2 Å². The van der Waals surface area contributed by atoms with E-state index in [1.807, 2.05) is 4.72 Å². The van der Waals surface area contributed by atoms with E-state index in [1.54, 1.807) is 0 Å². The quantitative estimate of drug-likeness (QED) is 0.691. The first kappa shape index (κ1) is 22.5. The highest BCUT2D eigenvalue weighted by Gasteiger charge is 2.16. The number of rotatable bonds is 8. The Kier molecular flexibility index (Phi) is 10.5. The van der Waals surface area contributed by atoms with Crippen molar-refractivity contribution >= 4 is 21.4 Å². The second-order valence-electron chi connectivity index (χ2n) is 4.91. The van der Waals surface area contributed by atoms with E-state index in [4.69, 9.17) is 5.73 Å². The second kappa shape index (κ2) is 11.1. The van der Waals surface area contributed by atoms with Crippen LogP contribution in [0.2, 0.25) is 0 Å². The summed E-state index contributed by atoms with van der Waals surface area (Å²) in [5.41, 5.74) is 3.83. The van der Waals surface area contributed by atoms with Gasteiger partial charge < -0.3 is 10.6 Å². The molecule has 0 saturated carbocycles. The number of nitrogens with one attached hydrogen (secondary N) is 1. The number of benzene rings is 1.